The largest absolute Gasteiger partial charge is 0.497 e. The number of aryl methyl sites for hydroxylation is 1. The lowest BCUT2D eigenvalue weighted by molar-refractivity contribution is -0.378. The SMILES string of the molecule is COc1ccc(C(=O)C2C(=O)C(=O)N(Cc3ccc[nH+]c3)C2c2cccc(OC)c2OC)c(C)c1. The summed E-state index contributed by atoms with van der Waals surface area (Å²) in [5.41, 5.74) is 2.32. The molecule has 1 aliphatic rings. The zero-order chi connectivity index (χ0) is 25.1. The van der Waals surface area contributed by atoms with Crippen LogP contribution in [0, 0.1) is 12.8 Å². The van der Waals surface area contributed by atoms with Gasteiger partial charge in [0, 0.05) is 22.8 Å². The van der Waals surface area contributed by atoms with Crippen LogP contribution in [0.1, 0.15) is 33.1 Å². The average Bonchev–Trinajstić information content (AvgIpc) is 3.13. The number of nitrogens with one attached hydrogen (secondary N) is 1. The molecule has 1 saturated heterocycles. The van der Waals surface area contributed by atoms with E-state index in [2.05, 4.69) is 4.98 Å². The molecule has 1 aliphatic heterocycles. The standard InChI is InChI=1S/C27H26N2O6/c1-16-13-18(33-2)10-11-19(16)24(30)22-23(20-8-5-9-21(34-3)26(20)35-4)29(27(32)25(22)31)15-17-7-6-12-28-14-17/h5-14,22-23H,15H2,1-4H3/p+1. The number of likely N-dealkylation sites (tertiary alicyclic amines) is 1. The maximum Gasteiger partial charge on any atom is 0.291 e. The van der Waals surface area contributed by atoms with Gasteiger partial charge in [0.25, 0.3) is 5.91 Å². The van der Waals surface area contributed by atoms with E-state index in [-0.39, 0.29) is 6.54 Å². The van der Waals surface area contributed by atoms with E-state index in [0.717, 1.165) is 5.56 Å². The van der Waals surface area contributed by atoms with Crippen LogP contribution in [0.3, 0.4) is 0 Å². The molecule has 8 heteroatoms. The van der Waals surface area contributed by atoms with E-state index >= 15 is 0 Å². The predicted molar refractivity (Wildman–Crippen MR) is 126 cm³/mol. The van der Waals surface area contributed by atoms with E-state index in [1.165, 1.54) is 19.1 Å². The van der Waals surface area contributed by atoms with E-state index < -0.39 is 29.4 Å². The second kappa shape index (κ2) is 9.97. The Morgan fingerprint density at radius 3 is 2.43 bits per heavy atom. The van der Waals surface area contributed by atoms with Gasteiger partial charge in [0.1, 0.15) is 11.7 Å². The van der Waals surface area contributed by atoms with Crippen molar-refractivity contribution in [1.29, 1.82) is 0 Å². The van der Waals surface area contributed by atoms with Crippen molar-refractivity contribution in [3.63, 3.8) is 0 Å². The number of ketones is 2. The first-order valence-electron chi connectivity index (χ1n) is 11.1. The summed E-state index contributed by atoms with van der Waals surface area (Å²) < 4.78 is 16.3. The molecular formula is C27H27N2O6+. The number of para-hydroxylation sites is 1. The molecule has 2 atom stereocenters. The molecule has 0 radical (unpaired) electrons. The maximum atomic E-state index is 13.8. The summed E-state index contributed by atoms with van der Waals surface area (Å²) in [6.45, 7) is 1.91. The van der Waals surface area contributed by atoms with E-state index in [9.17, 15) is 14.4 Å². The highest BCUT2D eigenvalue weighted by Gasteiger charge is 2.53. The number of nitrogens with zero attached hydrogens (tertiary/aromatic N) is 1. The Hall–Kier alpha value is -4.20. The molecular weight excluding hydrogens is 448 g/mol. The topological polar surface area (TPSA) is 96.3 Å². The van der Waals surface area contributed by atoms with Crippen LogP contribution in [0.5, 0.6) is 17.2 Å². The predicted octanol–water partition coefficient (Wildman–Crippen LogP) is 2.99. The van der Waals surface area contributed by atoms with Crippen LogP contribution in [0.4, 0.5) is 0 Å². The number of ether oxygens (including phenoxy) is 3. The third-order valence-corrected chi connectivity index (χ3v) is 6.26. The van der Waals surface area contributed by atoms with Crippen LogP contribution in [0.25, 0.3) is 0 Å². The molecule has 8 nitrogen and oxygen atoms in total. The second-order valence-corrected chi connectivity index (χ2v) is 8.26. The number of H-pyrrole nitrogens is 1. The lowest BCUT2D eigenvalue weighted by atomic mass is 9.84. The molecule has 3 aromatic rings. The fourth-order valence-corrected chi connectivity index (χ4v) is 4.58. The molecule has 2 heterocycles. The number of Topliss-reactive ketones (excluding diaryl/α,β-unsaturated/α-hetero) is 2. The Kier molecular flexibility index (Phi) is 6.82. The molecule has 0 aliphatic carbocycles. The number of pyridine rings is 1. The van der Waals surface area contributed by atoms with Gasteiger partial charge in [-0.25, -0.2) is 4.98 Å². The number of amides is 1. The van der Waals surface area contributed by atoms with Gasteiger partial charge in [0.2, 0.25) is 5.78 Å². The third kappa shape index (κ3) is 4.35. The first-order valence-corrected chi connectivity index (χ1v) is 11.1. The quantitative estimate of drug-likeness (QED) is 0.282. The zero-order valence-corrected chi connectivity index (χ0v) is 20.0. The van der Waals surface area contributed by atoms with Gasteiger partial charge in [-0.05, 0) is 42.8 Å². The first-order chi connectivity index (χ1) is 16.9. The summed E-state index contributed by atoms with van der Waals surface area (Å²) in [6.07, 6.45) is 3.50. The third-order valence-electron chi connectivity index (χ3n) is 6.26. The number of hydrogen-bond acceptors (Lipinski definition) is 6. The molecule has 0 saturated carbocycles. The number of rotatable bonds is 8. The number of methoxy groups -OCH3 is 3. The minimum atomic E-state index is -1.25. The van der Waals surface area contributed by atoms with Crippen LogP contribution < -0.4 is 19.2 Å². The maximum absolute atomic E-state index is 13.8. The highest BCUT2D eigenvalue weighted by atomic mass is 16.5. The van der Waals surface area contributed by atoms with Gasteiger partial charge in [-0.2, -0.15) is 0 Å². The van der Waals surface area contributed by atoms with Crippen molar-refractivity contribution in [1.82, 2.24) is 4.90 Å². The molecule has 1 N–H and O–H groups in total. The number of aromatic nitrogens is 1. The fourth-order valence-electron chi connectivity index (χ4n) is 4.58. The highest BCUT2D eigenvalue weighted by Crippen LogP contribution is 2.45. The van der Waals surface area contributed by atoms with E-state index in [4.69, 9.17) is 14.2 Å². The summed E-state index contributed by atoms with van der Waals surface area (Å²) in [5.74, 6) is -1.73. The van der Waals surface area contributed by atoms with Crippen LogP contribution >= 0.6 is 0 Å². The van der Waals surface area contributed by atoms with Crippen molar-refractivity contribution in [2.24, 2.45) is 5.92 Å². The monoisotopic (exact) mass is 475 g/mol. The van der Waals surface area contributed by atoms with Crippen LogP contribution in [-0.4, -0.2) is 43.7 Å². The number of benzene rings is 2. The average molecular weight is 476 g/mol. The van der Waals surface area contributed by atoms with Gasteiger partial charge < -0.3 is 19.1 Å². The van der Waals surface area contributed by atoms with Crippen LogP contribution in [0.15, 0.2) is 60.9 Å². The number of aromatic amines is 1. The summed E-state index contributed by atoms with van der Waals surface area (Å²) >= 11 is 0. The number of carbonyl (C=O) groups excluding carboxylic acids is 3. The Labute approximate surface area is 203 Å². The molecule has 180 valence electrons. The van der Waals surface area contributed by atoms with Gasteiger partial charge in [-0.15, -0.1) is 0 Å². The van der Waals surface area contributed by atoms with Gasteiger partial charge in [-0.1, -0.05) is 12.1 Å². The van der Waals surface area contributed by atoms with Crippen LogP contribution in [0.2, 0.25) is 0 Å². The van der Waals surface area contributed by atoms with Gasteiger partial charge in [0.15, 0.2) is 29.7 Å². The van der Waals surface area contributed by atoms with Crippen molar-refractivity contribution in [2.75, 3.05) is 21.3 Å². The minimum Gasteiger partial charge on any atom is -0.497 e. The van der Waals surface area contributed by atoms with Crippen molar-refractivity contribution >= 4 is 17.5 Å². The molecule has 1 amide bonds. The molecule has 35 heavy (non-hydrogen) atoms. The van der Waals surface area contributed by atoms with Crippen molar-refractivity contribution < 1.29 is 33.6 Å². The van der Waals surface area contributed by atoms with Crippen molar-refractivity contribution in [2.45, 2.75) is 19.5 Å². The van der Waals surface area contributed by atoms with Crippen molar-refractivity contribution in [3.8, 4) is 17.2 Å². The Morgan fingerprint density at radius 2 is 1.80 bits per heavy atom. The highest BCUT2D eigenvalue weighted by molar-refractivity contribution is 6.44. The second-order valence-electron chi connectivity index (χ2n) is 8.26. The van der Waals surface area contributed by atoms with Gasteiger partial charge in [-0.3, -0.25) is 14.4 Å². The van der Waals surface area contributed by atoms with E-state index in [0.29, 0.717) is 33.9 Å². The molecule has 0 bridgehead atoms. The molecule has 0 spiro atoms. The van der Waals surface area contributed by atoms with Crippen LogP contribution in [-0.2, 0) is 16.1 Å². The van der Waals surface area contributed by atoms with Gasteiger partial charge in [0.05, 0.1) is 33.9 Å². The lowest BCUT2D eigenvalue weighted by Crippen LogP contribution is -2.31. The molecule has 1 aromatic heterocycles. The molecule has 2 unspecified atom stereocenters. The normalized spacial score (nSPS) is 17.4. The summed E-state index contributed by atoms with van der Waals surface area (Å²) in [4.78, 5) is 44.9. The fraction of sp³-hybridized carbons (Fsp3) is 0.259. The number of carbonyl (C=O) groups is 3. The molecule has 2 aromatic carbocycles. The lowest BCUT2D eigenvalue weighted by Gasteiger charge is -2.28. The van der Waals surface area contributed by atoms with Crippen molar-refractivity contribution in [3.05, 3.63) is 83.2 Å². The van der Waals surface area contributed by atoms with E-state index in [1.807, 2.05) is 12.1 Å². The Bertz CT molecular complexity index is 1270. The minimum absolute atomic E-state index is 0.137. The number of hydrogen-bond donors (Lipinski definition) is 0. The Morgan fingerprint density at radius 1 is 1.00 bits per heavy atom. The summed E-state index contributed by atoms with van der Waals surface area (Å²) in [6, 6.07) is 13.0. The van der Waals surface area contributed by atoms with E-state index in [1.54, 1.807) is 62.8 Å². The van der Waals surface area contributed by atoms with Gasteiger partial charge >= 0.3 is 0 Å². The first kappa shape index (κ1) is 23.9. The summed E-state index contributed by atoms with van der Waals surface area (Å²) in [5, 5.41) is 0. The molecule has 1 fully saturated rings. The smallest absolute Gasteiger partial charge is 0.291 e. The zero-order valence-electron chi connectivity index (χ0n) is 20.0. The molecule has 4 rings (SSSR count). The summed E-state index contributed by atoms with van der Waals surface area (Å²) in [7, 11) is 4.54. The Balaban J connectivity index is 1.87.